The quantitative estimate of drug-likeness (QED) is 0.656. The van der Waals surface area contributed by atoms with Crippen molar-refractivity contribution in [2.45, 2.75) is 32.2 Å². The molecule has 1 atom stereocenters. The Balaban J connectivity index is 3.87. The van der Waals surface area contributed by atoms with Gasteiger partial charge in [0.15, 0.2) is 0 Å². The van der Waals surface area contributed by atoms with E-state index in [4.69, 9.17) is 5.73 Å². The summed E-state index contributed by atoms with van der Waals surface area (Å²) in [6.07, 6.45) is -0.675. The van der Waals surface area contributed by atoms with E-state index in [0.717, 1.165) is 0 Å². The number of carbonyl (C=O) groups excluding carboxylic acids is 1. The van der Waals surface area contributed by atoms with Crippen molar-refractivity contribution in [3.05, 3.63) is 0 Å². The molecule has 3 nitrogen and oxygen atoms in total. The molecule has 0 aliphatic carbocycles. The van der Waals surface area contributed by atoms with E-state index >= 15 is 0 Å². The predicted molar refractivity (Wildman–Crippen MR) is 39.8 cm³/mol. The lowest BCUT2D eigenvalue weighted by molar-refractivity contribution is -0.147. The highest BCUT2D eigenvalue weighted by molar-refractivity contribution is 5.75. The van der Waals surface area contributed by atoms with E-state index in [2.05, 4.69) is 4.74 Å². The maximum absolute atomic E-state index is 12.3. The van der Waals surface area contributed by atoms with Gasteiger partial charge in [-0.05, 0) is 13.8 Å². The average Bonchev–Trinajstić information content (AvgIpc) is 1.84. The molecule has 0 bridgehead atoms. The Morgan fingerprint density at radius 1 is 1.67 bits per heavy atom. The molecule has 72 valence electrons. The van der Waals surface area contributed by atoms with E-state index in [-0.39, 0.29) is 6.61 Å². The van der Waals surface area contributed by atoms with Gasteiger partial charge in [-0.2, -0.15) is 0 Å². The van der Waals surface area contributed by atoms with Crippen molar-refractivity contribution in [2.75, 3.05) is 6.61 Å². The van der Waals surface area contributed by atoms with Crippen LogP contribution in [0.4, 0.5) is 8.78 Å². The third-order valence-electron chi connectivity index (χ3n) is 1.17. The first-order valence-electron chi connectivity index (χ1n) is 3.67. The first-order valence-corrected chi connectivity index (χ1v) is 3.67. The van der Waals surface area contributed by atoms with Gasteiger partial charge in [0.25, 0.3) is 0 Å². The van der Waals surface area contributed by atoms with E-state index in [9.17, 15) is 13.6 Å². The van der Waals surface area contributed by atoms with Gasteiger partial charge >= 0.3 is 5.97 Å². The van der Waals surface area contributed by atoms with Gasteiger partial charge in [0.1, 0.15) is 6.04 Å². The molecule has 0 saturated carbocycles. The topological polar surface area (TPSA) is 52.3 Å². The van der Waals surface area contributed by atoms with E-state index in [1.807, 2.05) is 0 Å². The summed E-state index contributed by atoms with van der Waals surface area (Å²) in [6, 6.07) is -1.23. The second kappa shape index (κ2) is 4.35. The molecule has 0 rings (SSSR count). The summed E-state index contributed by atoms with van der Waals surface area (Å²) >= 11 is 0. The molecule has 0 heterocycles. The average molecular weight is 181 g/mol. The highest BCUT2D eigenvalue weighted by atomic mass is 19.3. The van der Waals surface area contributed by atoms with E-state index < -0.39 is 24.4 Å². The Bertz CT molecular complexity index is 156. The van der Waals surface area contributed by atoms with Crippen LogP contribution in [0.25, 0.3) is 0 Å². The molecular formula is C7H13F2NO2. The highest BCUT2D eigenvalue weighted by Gasteiger charge is 2.29. The van der Waals surface area contributed by atoms with Crippen LogP contribution < -0.4 is 5.73 Å². The number of ether oxygens (including phenoxy) is 1. The predicted octanol–water partition coefficient (Wildman–Crippen LogP) is 0.922. The number of carbonyl (C=O) groups is 1. The molecule has 0 aromatic carbocycles. The first-order chi connectivity index (χ1) is 5.37. The summed E-state index contributed by atoms with van der Waals surface area (Å²) in [5.74, 6) is -3.70. The number of hydrogen-bond donors (Lipinski definition) is 1. The molecule has 0 spiro atoms. The van der Waals surface area contributed by atoms with Crippen molar-refractivity contribution in [1.82, 2.24) is 0 Å². The van der Waals surface area contributed by atoms with Crippen LogP contribution in [0.3, 0.4) is 0 Å². The van der Waals surface area contributed by atoms with Crippen LogP contribution in [0.15, 0.2) is 0 Å². The molecule has 0 saturated heterocycles. The van der Waals surface area contributed by atoms with Crippen molar-refractivity contribution in [3.63, 3.8) is 0 Å². The first kappa shape index (κ1) is 11.3. The van der Waals surface area contributed by atoms with Gasteiger partial charge < -0.3 is 10.5 Å². The van der Waals surface area contributed by atoms with Crippen LogP contribution in [0, 0.1) is 0 Å². The maximum Gasteiger partial charge on any atom is 0.323 e. The van der Waals surface area contributed by atoms with Crippen LogP contribution in [-0.4, -0.2) is 24.5 Å². The van der Waals surface area contributed by atoms with Gasteiger partial charge in [-0.1, -0.05) is 0 Å². The lowest BCUT2D eigenvalue weighted by atomic mass is 10.1. The number of nitrogens with two attached hydrogens (primary N) is 1. The van der Waals surface area contributed by atoms with Crippen LogP contribution in [0.5, 0.6) is 0 Å². The fraction of sp³-hybridized carbons (Fsp3) is 0.857. The Morgan fingerprint density at radius 2 is 2.17 bits per heavy atom. The van der Waals surface area contributed by atoms with Gasteiger partial charge in [-0.25, -0.2) is 8.78 Å². The van der Waals surface area contributed by atoms with Crippen molar-refractivity contribution in [3.8, 4) is 0 Å². The van der Waals surface area contributed by atoms with Gasteiger partial charge in [0.2, 0.25) is 5.92 Å². The minimum Gasteiger partial charge on any atom is -0.465 e. The number of halogens is 2. The van der Waals surface area contributed by atoms with Gasteiger partial charge in [-0.3, -0.25) is 4.79 Å². The zero-order chi connectivity index (χ0) is 9.78. The van der Waals surface area contributed by atoms with Crippen LogP contribution in [0.2, 0.25) is 0 Å². The lowest BCUT2D eigenvalue weighted by Gasteiger charge is -2.14. The van der Waals surface area contributed by atoms with Crippen LogP contribution in [0.1, 0.15) is 20.3 Å². The number of rotatable bonds is 4. The standard InChI is InChI=1S/C7H13F2NO2/c1-3-12-6(11)5(10)4-7(2,8)9/h5H,3-4,10H2,1-2H3. The van der Waals surface area contributed by atoms with Gasteiger partial charge in [-0.15, -0.1) is 0 Å². The molecule has 0 radical (unpaired) electrons. The molecule has 0 aliphatic rings. The number of esters is 1. The molecule has 0 amide bonds. The molecule has 0 fully saturated rings. The smallest absolute Gasteiger partial charge is 0.323 e. The molecule has 0 aliphatic heterocycles. The second-order valence-corrected chi connectivity index (χ2v) is 2.63. The number of alkyl halides is 2. The van der Waals surface area contributed by atoms with Crippen molar-refractivity contribution in [1.29, 1.82) is 0 Å². The molecule has 0 aromatic heterocycles. The summed E-state index contributed by atoms with van der Waals surface area (Å²) in [5, 5.41) is 0. The third kappa shape index (κ3) is 5.01. The highest BCUT2D eigenvalue weighted by Crippen LogP contribution is 2.18. The molecular weight excluding hydrogens is 168 g/mol. The molecule has 1 unspecified atom stereocenters. The minimum absolute atomic E-state index is 0.155. The maximum atomic E-state index is 12.3. The molecule has 5 heteroatoms. The lowest BCUT2D eigenvalue weighted by Crippen LogP contribution is -2.37. The van der Waals surface area contributed by atoms with Crippen molar-refractivity contribution >= 4 is 5.97 Å². The largest absolute Gasteiger partial charge is 0.465 e. The Morgan fingerprint density at radius 3 is 2.50 bits per heavy atom. The summed E-state index contributed by atoms with van der Waals surface area (Å²) in [5.41, 5.74) is 5.13. The van der Waals surface area contributed by atoms with E-state index in [0.29, 0.717) is 6.92 Å². The summed E-state index contributed by atoms with van der Waals surface area (Å²) in [6.45, 7) is 2.46. The number of hydrogen-bond acceptors (Lipinski definition) is 3. The zero-order valence-corrected chi connectivity index (χ0v) is 7.14. The molecule has 0 aromatic rings. The van der Waals surface area contributed by atoms with E-state index in [1.165, 1.54) is 0 Å². The minimum atomic E-state index is -2.92. The zero-order valence-electron chi connectivity index (χ0n) is 7.14. The van der Waals surface area contributed by atoms with Crippen LogP contribution in [-0.2, 0) is 9.53 Å². The summed E-state index contributed by atoms with van der Waals surface area (Å²) in [4.78, 5) is 10.7. The van der Waals surface area contributed by atoms with Crippen LogP contribution >= 0.6 is 0 Å². The Kier molecular flexibility index (Phi) is 4.09. The fourth-order valence-corrected chi connectivity index (χ4v) is 0.719. The Labute approximate surface area is 69.9 Å². The molecule has 2 N–H and O–H groups in total. The third-order valence-corrected chi connectivity index (χ3v) is 1.17. The van der Waals surface area contributed by atoms with Crippen molar-refractivity contribution < 1.29 is 18.3 Å². The SMILES string of the molecule is CCOC(=O)C(N)CC(C)(F)F. The van der Waals surface area contributed by atoms with E-state index in [1.54, 1.807) is 6.92 Å². The summed E-state index contributed by atoms with van der Waals surface area (Å²) < 4.78 is 29.0. The fourth-order valence-electron chi connectivity index (χ4n) is 0.719. The van der Waals surface area contributed by atoms with Gasteiger partial charge in [0, 0.05) is 6.42 Å². The normalized spacial score (nSPS) is 14.1. The molecule has 12 heavy (non-hydrogen) atoms. The summed E-state index contributed by atoms with van der Waals surface area (Å²) in [7, 11) is 0. The monoisotopic (exact) mass is 181 g/mol. The van der Waals surface area contributed by atoms with Crippen molar-refractivity contribution in [2.24, 2.45) is 5.73 Å². The van der Waals surface area contributed by atoms with Gasteiger partial charge in [0.05, 0.1) is 6.61 Å². The Hall–Kier alpha value is -0.710. The second-order valence-electron chi connectivity index (χ2n) is 2.63.